The predicted octanol–water partition coefficient (Wildman–Crippen LogP) is 4.03. The molecule has 0 bridgehead atoms. The second-order valence-corrected chi connectivity index (χ2v) is 8.26. The molecular weight excluding hydrogens is 345 g/mol. The van der Waals surface area contributed by atoms with E-state index in [0.29, 0.717) is 13.0 Å². The van der Waals surface area contributed by atoms with Gasteiger partial charge in [-0.05, 0) is 39.3 Å². The van der Waals surface area contributed by atoms with Gasteiger partial charge in [0.05, 0.1) is 16.8 Å². The Balaban J connectivity index is 1.84. The maximum atomic E-state index is 12.7. The van der Waals surface area contributed by atoms with Gasteiger partial charge in [-0.25, -0.2) is 4.68 Å². The van der Waals surface area contributed by atoms with Gasteiger partial charge in [-0.3, -0.25) is 4.79 Å². The highest BCUT2D eigenvalue weighted by molar-refractivity contribution is 6.53. The Morgan fingerprint density at radius 2 is 1.88 bits per heavy atom. The van der Waals surface area contributed by atoms with Gasteiger partial charge in [0.25, 0.3) is 0 Å². The van der Waals surface area contributed by atoms with Gasteiger partial charge in [0.15, 0.2) is 0 Å². The summed E-state index contributed by atoms with van der Waals surface area (Å²) in [5.74, 6) is -0.0289. The van der Waals surface area contributed by atoms with Crippen LogP contribution in [-0.2, 0) is 11.3 Å². The molecule has 1 heterocycles. The van der Waals surface area contributed by atoms with Crippen LogP contribution in [0.4, 0.5) is 0 Å². The number of hydrogen-bond donors (Lipinski definition) is 0. The zero-order valence-electron chi connectivity index (χ0n) is 14.3. The van der Waals surface area contributed by atoms with E-state index in [4.69, 9.17) is 23.2 Å². The van der Waals surface area contributed by atoms with Gasteiger partial charge in [0.1, 0.15) is 4.33 Å². The van der Waals surface area contributed by atoms with Crippen LogP contribution in [0.5, 0.6) is 0 Å². The molecule has 0 saturated heterocycles. The molecule has 2 aromatic rings. The normalized spacial score (nSPS) is 21.6. The smallest absolute Gasteiger partial charge is 0.231 e. The van der Waals surface area contributed by atoms with Gasteiger partial charge in [0.2, 0.25) is 5.91 Å². The number of carbonyl (C=O) groups is 1. The van der Waals surface area contributed by atoms with Gasteiger partial charge in [-0.1, -0.05) is 18.2 Å². The van der Waals surface area contributed by atoms with Crippen molar-refractivity contribution in [2.24, 2.45) is 5.41 Å². The van der Waals surface area contributed by atoms with E-state index in [9.17, 15) is 4.79 Å². The van der Waals surface area contributed by atoms with Crippen molar-refractivity contribution in [1.82, 2.24) is 14.7 Å². The Morgan fingerprint density at radius 3 is 2.42 bits per heavy atom. The molecule has 1 fully saturated rings. The van der Waals surface area contributed by atoms with Crippen molar-refractivity contribution in [2.45, 2.75) is 38.1 Å². The molecule has 0 aliphatic heterocycles. The number of benzene rings is 1. The number of halogens is 2. The highest BCUT2D eigenvalue weighted by Gasteiger charge is 2.68. The van der Waals surface area contributed by atoms with Crippen LogP contribution in [0.1, 0.15) is 30.3 Å². The first-order chi connectivity index (χ1) is 11.2. The maximum Gasteiger partial charge on any atom is 0.231 e. The Bertz CT molecular complexity index is 785. The molecule has 1 atom stereocenters. The summed E-state index contributed by atoms with van der Waals surface area (Å²) in [6.07, 6.45) is 0.494. The molecule has 1 saturated carbocycles. The summed E-state index contributed by atoms with van der Waals surface area (Å²) < 4.78 is 0.964. The molecule has 0 spiro atoms. The van der Waals surface area contributed by atoms with E-state index >= 15 is 0 Å². The van der Waals surface area contributed by atoms with Crippen LogP contribution < -0.4 is 0 Å². The SMILES string of the molecule is Cc1nn(-c2ccccc2)c(C)c1CN(C)C(=O)C1(C)CC1(Cl)Cl. The fourth-order valence-corrected chi connectivity index (χ4v) is 3.78. The van der Waals surface area contributed by atoms with Crippen LogP contribution in [-0.4, -0.2) is 32.0 Å². The number of aryl methyl sites for hydroxylation is 1. The van der Waals surface area contributed by atoms with Gasteiger partial charge in [-0.15, -0.1) is 23.2 Å². The summed E-state index contributed by atoms with van der Waals surface area (Å²) in [4.78, 5) is 14.4. The van der Waals surface area contributed by atoms with Crippen LogP contribution >= 0.6 is 23.2 Å². The molecule has 128 valence electrons. The van der Waals surface area contributed by atoms with Crippen molar-refractivity contribution in [1.29, 1.82) is 0 Å². The second-order valence-electron chi connectivity index (χ2n) is 6.77. The Morgan fingerprint density at radius 1 is 1.29 bits per heavy atom. The predicted molar refractivity (Wildman–Crippen MR) is 96.7 cm³/mol. The summed E-state index contributed by atoms with van der Waals surface area (Å²) in [6, 6.07) is 9.96. The maximum absolute atomic E-state index is 12.7. The molecule has 6 heteroatoms. The van der Waals surface area contributed by atoms with Crippen molar-refractivity contribution in [3.8, 4) is 5.69 Å². The average Bonchev–Trinajstić information content (AvgIpc) is 2.95. The fourth-order valence-electron chi connectivity index (χ4n) is 3.09. The van der Waals surface area contributed by atoms with Crippen LogP contribution in [0.25, 0.3) is 5.69 Å². The van der Waals surface area contributed by atoms with Crippen molar-refractivity contribution in [3.05, 3.63) is 47.3 Å². The van der Waals surface area contributed by atoms with Gasteiger partial charge in [0, 0.05) is 24.8 Å². The standard InChI is InChI=1S/C18H21Cl2N3O/c1-12-15(10-22(4)16(24)17(3)11-18(17,19)20)13(2)23(21-12)14-8-6-5-7-9-14/h5-9H,10-11H2,1-4H3. The molecule has 0 N–H and O–H groups in total. The van der Waals surface area contributed by atoms with Gasteiger partial charge in [-0.2, -0.15) is 5.10 Å². The number of carbonyl (C=O) groups excluding carboxylic acids is 1. The number of amides is 1. The Hall–Kier alpha value is -1.52. The number of nitrogens with zero attached hydrogens (tertiary/aromatic N) is 3. The van der Waals surface area contributed by atoms with E-state index in [1.54, 1.807) is 11.9 Å². The molecule has 0 radical (unpaired) electrons. The van der Waals surface area contributed by atoms with Crippen molar-refractivity contribution >= 4 is 29.1 Å². The molecule has 1 aliphatic carbocycles. The van der Waals surface area contributed by atoms with E-state index in [1.165, 1.54) is 0 Å². The van der Waals surface area contributed by atoms with Crippen LogP contribution in [0, 0.1) is 19.3 Å². The molecule has 1 amide bonds. The molecule has 1 aromatic heterocycles. The van der Waals surface area contributed by atoms with Gasteiger partial charge < -0.3 is 4.90 Å². The summed E-state index contributed by atoms with van der Waals surface area (Å²) >= 11 is 12.3. The lowest BCUT2D eigenvalue weighted by atomic mass is 10.1. The molecular formula is C18H21Cl2N3O. The third-order valence-electron chi connectivity index (χ3n) is 4.91. The first kappa shape index (κ1) is 17.3. The van der Waals surface area contributed by atoms with E-state index in [2.05, 4.69) is 5.10 Å². The fraction of sp³-hybridized carbons (Fsp3) is 0.444. The molecule has 1 aromatic carbocycles. The zero-order valence-corrected chi connectivity index (χ0v) is 15.8. The monoisotopic (exact) mass is 365 g/mol. The minimum atomic E-state index is -0.948. The van der Waals surface area contributed by atoms with E-state index in [0.717, 1.165) is 22.6 Å². The van der Waals surface area contributed by atoms with Crippen molar-refractivity contribution < 1.29 is 4.79 Å². The summed E-state index contributed by atoms with van der Waals surface area (Å²) in [7, 11) is 1.79. The molecule has 4 nitrogen and oxygen atoms in total. The lowest BCUT2D eigenvalue weighted by Gasteiger charge is -2.22. The number of rotatable bonds is 4. The number of aromatic nitrogens is 2. The molecule has 1 aliphatic rings. The lowest BCUT2D eigenvalue weighted by Crippen LogP contribution is -2.35. The summed E-state index contributed by atoms with van der Waals surface area (Å²) in [5, 5.41) is 4.63. The zero-order chi connectivity index (χ0) is 17.7. The van der Waals surface area contributed by atoms with E-state index < -0.39 is 9.75 Å². The molecule has 3 rings (SSSR count). The largest absolute Gasteiger partial charge is 0.341 e. The van der Waals surface area contributed by atoms with Gasteiger partial charge >= 0.3 is 0 Å². The Labute approximate surface area is 152 Å². The average molecular weight is 366 g/mol. The highest BCUT2D eigenvalue weighted by Crippen LogP contribution is 2.64. The third-order valence-corrected chi connectivity index (χ3v) is 6.02. The lowest BCUT2D eigenvalue weighted by molar-refractivity contribution is -0.135. The quantitative estimate of drug-likeness (QED) is 0.767. The minimum Gasteiger partial charge on any atom is -0.341 e. The van der Waals surface area contributed by atoms with Crippen LogP contribution in [0.3, 0.4) is 0 Å². The first-order valence-electron chi connectivity index (χ1n) is 7.91. The minimum absolute atomic E-state index is 0.0289. The molecule has 24 heavy (non-hydrogen) atoms. The van der Waals surface area contributed by atoms with E-state index in [-0.39, 0.29) is 5.91 Å². The van der Waals surface area contributed by atoms with E-state index in [1.807, 2.05) is 55.8 Å². The number of hydrogen-bond acceptors (Lipinski definition) is 2. The van der Waals surface area contributed by atoms with Crippen molar-refractivity contribution in [2.75, 3.05) is 7.05 Å². The first-order valence-corrected chi connectivity index (χ1v) is 8.67. The topological polar surface area (TPSA) is 38.1 Å². The number of para-hydroxylation sites is 1. The summed E-state index contributed by atoms with van der Waals surface area (Å²) in [6.45, 7) is 6.29. The third kappa shape index (κ3) is 2.72. The second kappa shape index (κ2) is 5.78. The highest BCUT2D eigenvalue weighted by atomic mass is 35.5. The number of alkyl halides is 2. The summed E-state index contributed by atoms with van der Waals surface area (Å²) in [5.41, 5.74) is 3.31. The Kier molecular flexibility index (Phi) is 4.17. The van der Waals surface area contributed by atoms with Crippen molar-refractivity contribution in [3.63, 3.8) is 0 Å². The van der Waals surface area contributed by atoms with Crippen LogP contribution in [0.15, 0.2) is 30.3 Å². The van der Waals surface area contributed by atoms with Crippen LogP contribution in [0.2, 0.25) is 0 Å². The molecule has 1 unspecified atom stereocenters.